The van der Waals surface area contributed by atoms with Crippen LogP contribution in [0.15, 0.2) is 72.3 Å². The summed E-state index contributed by atoms with van der Waals surface area (Å²) < 4.78 is 28.2. The smallest absolute Gasteiger partial charge is 0.350 e. The number of Topliss-reactive ketones (excluding diaryl/α,β-unsaturated/α-hetero) is 1. The Kier molecular flexibility index (Phi) is 8.62. The number of ketones is 1. The molecule has 0 radical (unpaired) electrons. The molecule has 11 nitrogen and oxygen atoms in total. The zero-order valence-electron chi connectivity index (χ0n) is 25.3. The molecule has 6 rings (SSSR count). The quantitative estimate of drug-likeness (QED) is 0.106. The van der Waals surface area contributed by atoms with Crippen molar-refractivity contribution >= 4 is 39.9 Å². The van der Waals surface area contributed by atoms with Crippen LogP contribution in [0.5, 0.6) is 23.0 Å². The molecule has 3 aromatic carbocycles. The van der Waals surface area contributed by atoms with Gasteiger partial charge in [0.15, 0.2) is 28.1 Å². The minimum atomic E-state index is -1.13. The Balaban J connectivity index is 1.48. The number of benzene rings is 3. The Hall–Kier alpha value is -5.36. The van der Waals surface area contributed by atoms with E-state index in [-0.39, 0.29) is 27.8 Å². The van der Waals surface area contributed by atoms with Crippen molar-refractivity contribution in [2.75, 3.05) is 31.8 Å². The van der Waals surface area contributed by atoms with E-state index in [0.29, 0.717) is 54.1 Å². The first-order valence-corrected chi connectivity index (χ1v) is 15.3. The molecule has 3 heterocycles. The van der Waals surface area contributed by atoms with Crippen LogP contribution in [0.4, 0.5) is 5.13 Å². The fourth-order valence-corrected chi connectivity index (χ4v) is 6.29. The summed E-state index contributed by atoms with van der Waals surface area (Å²) in [5.74, 6) is -1.14. The van der Waals surface area contributed by atoms with Gasteiger partial charge in [-0.3, -0.25) is 14.5 Å². The number of aliphatic hydroxyl groups excluding tert-OH is 1. The summed E-state index contributed by atoms with van der Waals surface area (Å²) in [4.78, 5) is 45.8. The average molecular weight is 643 g/mol. The summed E-state index contributed by atoms with van der Waals surface area (Å²) in [6.45, 7) is 4.76. The number of methoxy groups -OCH3 is 1. The molecule has 2 aliphatic rings. The third kappa shape index (κ3) is 5.74. The van der Waals surface area contributed by atoms with Crippen molar-refractivity contribution in [3.8, 4) is 23.0 Å². The molecule has 2 aliphatic heterocycles. The van der Waals surface area contributed by atoms with Gasteiger partial charge >= 0.3 is 11.9 Å². The van der Waals surface area contributed by atoms with Crippen LogP contribution in [0.2, 0.25) is 0 Å². The van der Waals surface area contributed by atoms with E-state index in [2.05, 4.69) is 4.98 Å². The highest BCUT2D eigenvalue weighted by Crippen LogP contribution is 2.46. The Morgan fingerprint density at radius 2 is 1.76 bits per heavy atom. The second-order valence-corrected chi connectivity index (χ2v) is 11.3. The van der Waals surface area contributed by atoms with Gasteiger partial charge < -0.3 is 28.8 Å². The van der Waals surface area contributed by atoms with Gasteiger partial charge in [-0.25, -0.2) is 9.78 Å². The topological polar surface area (TPSA) is 134 Å². The predicted molar refractivity (Wildman–Crippen MR) is 169 cm³/mol. The third-order valence-corrected chi connectivity index (χ3v) is 8.58. The summed E-state index contributed by atoms with van der Waals surface area (Å²) in [5, 5.41) is 11.8. The molecule has 1 atom stereocenters. The number of aliphatic hydroxyl groups is 1. The van der Waals surface area contributed by atoms with E-state index in [0.717, 1.165) is 16.9 Å². The minimum absolute atomic E-state index is 0.0913. The summed E-state index contributed by atoms with van der Waals surface area (Å²) in [6.07, 6.45) is 0. The van der Waals surface area contributed by atoms with Gasteiger partial charge in [-0.15, -0.1) is 0 Å². The number of amides is 1. The number of anilines is 1. The van der Waals surface area contributed by atoms with Crippen molar-refractivity contribution in [1.29, 1.82) is 0 Å². The molecule has 12 heteroatoms. The van der Waals surface area contributed by atoms with E-state index in [9.17, 15) is 19.5 Å². The lowest BCUT2D eigenvalue weighted by Crippen LogP contribution is -2.29. The second kappa shape index (κ2) is 12.9. The molecule has 0 saturated carbocycles. The summed E-state index contributed by atoms with van der Waals surface area (Å²) >= 11 is 0.916. The van der Waals surface area contributed by atoms with Crippen molar-refractivity contribution in [2.24, 2.45) is 0 Å². The van der Waals surface area contributed by atoms with Crippen molar-refractivity contribution in [2.45, 2.75) is 26.5 Å². The fourth-order valence-electron chi connectivity index (χ4n) is 5.28. The van der Waals surface area contributed by atoms with Gasteiger partial charge in [0.05, 0.1) is 31.0 Å². The summed E-state index contributed by atoms with van der Waals surface area (Å²) in [7, 11) is 1.25. The molecule has 1 N–H and O–H groups in total. The van der Waals surface area contributed by atoms with Crippen molar-refractivity contribution < 1.29 is 43.2 Å². The highest BCUT2D eigenvalue weighted by atomic mass is 32.1. The number of thiazole rings is 1. The Morgan fingerprint density at radius 1 is 1.00 bits per heavy atom. The molecule has 0 aliphatic carbocycles. The molecule has 0 unspecified atom stereocenters. The van der Waals surface area contributed by atoms with Crippen LogP contribution in [0, 0.1) is 6.92 Å². The summed E-state index contributed by atoms with van der Waals surface area (Å²) in [5.41, 5.74) is 1.82. The first-order chi connectivity index (χ1) is 22.3. The molecule has 0 bridgehead atoms. The number of aromatic nitrogens is 1. The van der Waals surface area contributed by atoms with E-state index in [4.69, 9.17) is 23.7 Å². The van der Waals surface area contributed by atoms with Crippen molar-refractivity contribution in [1.82, 2.24) is 4.98 Å². The molecule has 1 saturated heterocycles. The van der Waals surface area contributed by atoms with Gasteiger partial charge in [-0.2, -0.15) is 0 Å². The van der Waals surface area contributed by atoms with Crippen LogP contribution >= 0.6 is 11.3 Å². The number of esters is 1. The maximum Gasteiger partial charge on any atom is 0.350 e. The normalized spacial score (nSPS) is 16.8. The first-order valence-electron chi connectivity index (χ1n) is 14.5. The number of hydrogen-bond acceptors (Lipinski definition) is 11. The Bertz CT molecular complexity index is 1850. The van der Waals surface area contributed by atoms with Crippen LogP contribution in [0.3, 0.4) is 0 Å². The van der Waals surface area contributed by atoms with Gasteiger partial charge in [0, 0.05) is 5.56 Å². The van der Waals surface area contributed by atoms with Crippen molar-refractivity contribution in [3.63, 3.8) is 0 Å². The van der Waals surface area contributed by atoms with Gasteiger partial charge in [0.25, 0.3) is 5.78 Å². The Labute approximate surface area is 268 Å². The molecule has 236 valence electrons. The highest BCUT2D eigenvalue weighted by Gasteiger charge is 2.49. The number of hydrogen-bond donors (Lipinski definition) is 1. The fraction of sp³-hybridized carbons (Fsp3) is 0.235. The van der Waals surface area contributed by atoms with Gasteiger partial charge in [0.1, 0.15) is 30.5 Å². The molecule has 1 fully saturated rings. The minimum Gasteiger partial charge on any atom is -0.507 e. The zero-order valence-corrected chi connectivity index (χ0v) is 26.1. The van der Waals surface area contributed by atoms with Crippen LogP contribution in [-0.2, 0) is 20.9 Å². The number of aryl methyl sites for hydroxylation is 1. The van der Waals surface area contributed by atoms with Crippen LogP contribution in [-0.4, -0.2) is 54.7 Å². The highest BCUT2D eigenvalue weighted by molar-refractivity contribution is 7.17. The number of fused-ring (bicyclic) bond motifs is 1. The van der Waals surface area contributed by atoms with E-state index in [1.54, 1.807) is 43.3 Å². The maximum absolute atomic E-state index is 13.8. The number of carbonyl (C=O) groups is 3. The Morgan fingerprint density at radius 3 is 2.50 bits per heavy atom. The van der Waals surface area contributed by atoms with E-state index >= 15 is 0 Å². The van der Waals surface area contributed by atoms with Crippen LogP contribution in [0.1, 0.15) is 45.0 Å². The number of nitrogens with zero attached hydrogens (tertiary/aromatic N) is 2. The lowest BCUT2D eigenvalue weighted by molar-refractivity contribution is -0.132. The second-order valence-electron chi connectivity index (χ2n) is 10.3. The lowest BCUT2D eigenvalue weighted by atomic mass is 9.95. The molecule has 0 spiro atoms. The SMILES string of the molecule is CCOc1cc([C@@H]2/C(=C(\O)c3ccc4c(c3)OCCO4)C(=O)C(=O)N2c2nc(C)c(C(=O)OC)s2)ccc1OCc1ccccc1. The first kappa shape index (κ1) is 30.7. The lowest BCUT2D eigenvalue weighted by Gasteiger charge is -2.24. The third-order valence-electron chi connectivity index (χ3n) is 7.44. The molecule has 1 amide bonds. The van der Waals surface area contributed by atoms with Gasteiger partial charge in [-0.05, 0) is 55.3 Å². The maximum atomic E-state index is 13.8. The van der Waals surface area contributed by atoms with E-state index in [1.807, 2.05) is 37.3 Å². The van der Waals surface area contributed by atoms with Gasteiger partial charge in [0.2, 0.25) is 0 Å². The monoisotopic (exact) mass is 642 g/mol. The summed E-state index contributed by atoms with van der Waals surface area (Å²) in [6, 6.07) is 18.4. The molecule has 1 aromatic heterocycles. The van der Waals surface area contributed by atoms with Crippen LogP contribution < -0.4 is 23.8 Å². The van der Waals surface area contributed by atoms with E-state index in [1.165, 1.54) is 12.0 Å². The molecular formula is C34H30N2O9S. The predicted octanol–water partition coefficient (Wildman–Crippen LogP) is 5.61. The number of rotatable bonds is 9. The average Bonchev–Trinajstić information content (AvgIpc) is 3.59. The van der Waals surface area contributed by atoms with Crippen LogP contribution in [0.25, 0.3) is 5.76 Å². The molecule has 4 aromatic rings. The standard InChI is InChI=1S/C34H30N2O9S/c1-4-42-25-16-21(10-12-24(25)45-18-20-8-6-5-7-9-20)28-27(29(37)22-11-13-23-26(17-22)44-15-14-43-23)30(38)32(39)36(28)34-35-19(2)31(46-34)33(40)41-3/h5-13,16-17,28,37H,4,14-15,18H2,1-3H3/b29-27+/t28-/m1/s1. The zero-order chi connectivity index (χ0) is 32.4. The van der Waals surface area contributed by atoms with Gasteiger partial charge in [-0.1, -0.05) is 47.7 Å². The molecular weight excluding hydrogens is 612 g/mol. The van der Waals surface area contributed by atoms with E-state index < -0.39 is 29.5 Å². The number of carbonyl (C=O) groups excluding carboxylic acids is 3. The number of ether oxygens (including phenoxy) is 5. The largest absolute Gasteiger partial charge is 0.507 e. The van der Waals surface area contributed by atoms with Crippen molar-refractivity contribution in [3.05, 3.63) is 99.6 Å². The molecule has 46 heavy (non-hydrogen) atoms.